The van der Waals surface area contributed by atoms with E-state index in [0.717, 1.165) is 50.6 Å². The van der Waals surface area contributed by atoms with Gasteiger partial charge >= 0.3 is 0 Å². The van der Waals surface area contributed by atoms with Crippen LogP contribution >= 0.6 is 0 Å². The van der Waals surface area contributed by atoms with Gasteiger partial charge in [0, 0.05) is 49.8 Å². The zero-order valence-electron chi connectivity index (χ0n) is 29.3. The van der Waals surface area contributed by atoms with Crippen LogP contribution in [0.3, 0.4) is 0 Å². The van der Waals surface area contributed by atoms with Gasteiger partial charge in [-0.3, -0.25) is 0 Å². The molecule has 1 aliphatic heterocycles. The smallest absolute Gasteiger partial charge is 0.135 e. The molecule has 1 aliphatic rings. The number of hydrogen-bond donors (Lipinski definition) is 0. The summed E-state index contributed by atoms with van der Waals surface area (Å²) in [6.07, 6.45) is 2.53. The predicted molar refractivity (Wildman–Crippen MR) is 211 cm³/mol. The van der Waals surface area contributed by atoms with Gasteiger partial charge in [-0.25, -0.2) is 4.98 Å². The molecule has 6 aromatic carbocycles. The van der Waals surface area contributed by atoms with Gasteiger partial charge in [-0.15, -0.1) is 29.4 Å². The van der Waals surface area contributed by atoms with Crippen LogP contribution in [0.4, 0.5) is 22.7 Å². The summed E-state index contributed by atoms with van der Waals surface area (Å²) >= 11 is 0. The van der Waals surface area contributed by atoms with Crippen molar-refractivity contribution in [1.29, 1.82) is 0 Å². The van der Waals surface area contributed by atoms with E-state index in [0.29, 0.717) is 6.42 Å². The van der Waals surface area contributed by atoms with Crippen LogP contribution in [0.25, 0.3) is 38.8 Å². The van der Waals surface area contributed by atoms with E-state index in [1.165, 1.54) is 27.6 Å². The number of fused-ring (bicyclic) bond motifs is 4. The summed E-state index contributed by atoms with van der Waals surface area (Å²) in [5.41, 5.74) is 12.4. The van der Waals surface area contributed by atoms with E-state index in [9.17, 15) is 0 Å². The van der Waals surface area contributed by atoms with E-state index < -0.39 is 0 Å². The Morgan fingerprint density at radius 3 is 2.06 bits per heavy atom. The Morgan fingerprint density at radius 2 is 1.29 bits per heavy atom. The third-order valence-corrected chi connectivity index (χ3v) is 9.78. The summed E-state index contributed by atoms with van der Waals surface area (Å²) in [6, 6.07) is 59.3. The van der Waals surface area contributed by atoms with Crippen LogP contribution in [0.5, 0.6) is 0 Å². The van der Waals surface area contributed by atoms with E-state index in [1.54, 1.807) is 0 Å². The van der Waals surface area contributed by atoms with Crippen LogP contribution in [-0.2, 0) is 32.9 Å². The van der Waals surface area contributed by atoms with Crippen molar-refractivity contribution in [3.05, 3.63) is 187 Å². The van der Waals surface area contributed by atoms with E-state index in [-0.39, 0.29) is 26.5 Å². The monoisotopic (exact) mass is 852 g/mol. The molecule has 8 aromatic rings. The van der Waals surface area contributed by atoms with Crippen molar-refractivity contribution in [1.82, 2.24) is 9.55 Å². The molecule has 0 N–H and O–H groups in total. The topological polar surface area (TPSA) is 24.3 Å². The third kappa shape index (κ3) is 6.01. The predicted octanol–water partition coefficient (Wildman–Crippen LogP) is 11.7. The SMILES string of the molecule is CC(C)(C)c1ccccc1N1[CH-]N(c2[c-]c(Cc3[c-]c4c(cc3)c3ccccc3n4-c3ccccn3)cc(-c3ccccc3)c2)c2ccccc21.[Pt]. The Bertz CT molecular complexity index is 2530. The third-order valence-electron chi connectivity index (χ3n) is 9.78. The second-order valence-electron chi connectivity index (χ2n) is 14.2. The second kappa shape index (κ2) is 13.6. The Hall–Kier alpha value is -5.44. The molecule has 5 heteroatoms. The first-order chi connectivity index (χ1) is 24.9. The number of hydrogen-bond acceptors (Lipinski definition) is 3. The van der Waals surface area contributed by atoms with Crippen molar-refractivity contribution in [2.45, 2.75) is 32.6 Å². The molecule has 0 fully saturated rings. The Kier molecular flexibility index (Phi) is 8.81. The van der Waals surface area contributed by atoms with Crippen molar-refractivity contribution < 1.29 is 21.1 Å². The Balaban J connectivity index is 0.00000387. The van der Waals surface area contributed by atoms with E-state index >= 15 is 0 Å². The number of nitrogens with zero attached hydrogens (tertiary/aromatic N) is 4. The minimum Gasteiger partial charge on any atom is -0.493 e. The zero-order valence-corrected chi connectivity index (χ0v) is 31.6. The van der Waals surface area contributed by atoms with Crippen LogP contribution < -0.4 is 9.80 Å². The molecule has 2 aromatic heterocycles. The maximum atomic E-state index is 4.72. The molecule has 9 rings (SSSR count). The number of aromatic nitrogens is 2. The molecule has 0 unspecified atom stereocenters. The standard InChI is InChI=1S/C47H37N4.Pt/c1-47(2,3)40-18-8-10-20-42(40)50-32-49(43-21-11-12-22-44(43)50)37-29-34(28-36(31-37)35-15-5-4-6-16-35)27-33-24-25-39-38-17-7-9-19-41(38)51(45(39)30-33)46-23-13-14-26-48-46;/h4-26,28,31-32H,27H2,1-3H3;/q-3;. The molecule has 0 saturated carbocycles. The minimum atomic E-state index is -0.0147. The average Bonchev–Trinajstić information content (AvgIpc) is 3.71. The molecular weight excluding hydrogens is 816 g/mol. The van der Waals surface area contributed by atoms with Crippen LogP contribution in [0.2, 0.25) is 0 Å². The van der Waals surface area contributed by atoms with Crippen LogP contribution in [0.15, 0.2) is 152 Å². The molecule has 0 atom stereocenters. The first-order valence-corrected chi connectivity index (χ1v) is 17.5. The summed E-state index contributed by atoms with van der Waals surface area (Å²) < 4.78 is 2.23. The van der Waals surface area contributed by atoms with Gasteiger partial charge in [0.05, 0.1) is 0 Å². The molecule has 0 amide bonds. The molecular formula is C47H37N4Pt-3. The van der Waals surface area contributed by atoms with Gasteiger partial charge in [0.2, 0.25) is 0 Å². The fraction of sp³-hybridized carbons (Fsp3) is 0.106. The minimum absolute atomic E-state index is 0. The summed E-state index contributed by atoms with van der Waals surface area (Å²) in [5, 5.41) is 2.36. The summed E-state index contributed by atoms with van der Waals surface area (Å²) in [7, 11) is 0. The number of anilines is 4. The molecule has 4 nitrogen and oxygen atoms in total. The summed E-state index contributed by atoms with van der Waals surface area (Å²) in [4.78, 5) is 9.34. The second-order valence-corrected chi connectivity index (χ2v) is 14.2. The number of para-hydroxylation sites is 4. The molecule has 52 heavy (non-hydrogen) atoms. The zero-order chi connectivity index (χ0) is 34.5. The molecule has 3 heterocycles. The van der Waals surface area contributed by atoms with E-state index in [2.05, 4.69) is 187 Å². The average molecular weight is 853 g/mol. The van der Waals surface area contributed by atoms with Crippen molar-refractivity contribution in [2.24, 2.45) is 0 Å². The normalized spacial score (nSPS) is 12.7. The van der Waals surface area contributed by atoms with Gasteiger partial charge in [-0.2, -0.15) is 41.5 Å². The van der Waals surface area contributed by atoms with Crippen molar-refractivity contribution >= 4 is 44.6 Å². The van der Waals surface area contributed by atoms with Gasteiger partial charge in [0.1, 0.15) is 5.82 Å². The number of pyridine rings is 1. The first-order valence-electron chi connectivity index (χ1n) is 17.5. The van der Waals surface area contributed by atoms with Gasteiger partial charge in [-0.1, -0.05) is 111 Å². The van der Waals surface area contributed by atoms with Gasteiger partial charge in [-0.05, 0) is 64.7 Å². The quantitative estimate of drug-likeness (QED) is 0.156. The van der Waals surface area contributed by atoms with Gasteiger partial charge in [0.25, 0.3) is 0 Å². The molecule has 0 saturated heterocycles. The number of rotatable bonds is 6. The molecule has 0 radical (unpaired) electrons. The van der Waals surface area contributed by atoms with Crippen molar-refractivity contribution in [3.8, 4) is 16.9 Å². The molecule has 0 aliphatic carbocycles. The first kappa shape index (κ1) is 33.7. The van der Waals surface area contributed by atoms with Crippen LogP contribution in [0, 0.1) is 18.8 Å². The molecule has 0 spiro atoms. The van der Waals surface area contributed by atoms with E-state index in [4.69, 9.17) is 4.98 Å². The van der Waals surface area contributed by atoms with Crippen molar-refractivity contribution in [3.63, 3.8) is 0 Å². The maximum absolute atomic E-state index is 4.72. The van der Waals surface area contributed by atoms with Gasteiger partial charge < -0.3 is 14.4 Å². The maximum Gasteiger partial charge on any atom is 0.135 e. The molecule has 258 valence electrons. The fourth-order valence-electron chi connectivity index (χ4n) is 7.42. The summed E-state index contributed by atoms with van der Waals surface area (Å²) in [5.74, 6) is 0.887. The van der Waals surface area contributed by atoms with Crippen LogP contribution in [-0.4, -0.2) is 9.55 Å². The number of benzene rings is 6. The fourth-order valence-corrected chi connectivity index (χ4v) is 7.42. The Labute approximate surface area is 320 Å². The van der Waals surface area contributed by atoms with Crippen molar-refractivity contribution in [2.75, 3.05) is 9.80 Å². The van der Waals surface area contributed by atoms with Gasteiger partial charge in [0.15, 0.2) is 0 Å². The van der Waals surface area contributed by atoms with Crippen LogP contribution in [0.1, 0.15) is 37.5 Å². The largest absolute Gasteiger partial charge is 0.493 e. The Morgan fingerprint density at radius 1 is 0.596 bits per heavy atom. The molecule has 0 bridgehead atoms. The van der Waals surface area contributed by atoms with E-state index in [1.807, 2.05) is 18.3 Å². The summed E-state index contributed by atoms with van der Waals surface area (Å²) in [6.45, 7) is 9.06.